The number of hydrogen-bond donors (Lipinski definition) is 2. The van der Waals surface area contributed by atoms with Crippen LogP contribution in [0.3, 0.4) is 0 Å². The van der Waals surface area contributed by atoms with Crippen molar-refractivity contribution in [1.29, 1.82) is 0 Å². The molecule has 0 amide bonds. The van der Waals surface area contributed by atoms with Gasteiger partial charge in [0.2, 0.25) is 0 Å². The molecule has 0 atom stereocenters. The van der Waals surface area contributed by atoms with E-state index in [0.717, 1.165) is 18.4 Å². The van der Waals surface area contributed by atoms with Crippen molar-refractivity contribution in [3.8, 4) is 0 Å². The second-order valence-corrected chi connectivity index (χ2v) is 4.34. The average Bonchev–Trinajstić information content (AvgIpc) is 2.06. The highest BCUT2D eigenvalue weighted by atomic mass is 19.1. The fourth-order valence-corrected chi connectivity index (χ4v) is 1.22. The minimum atomic E-state index is -0.360. The summed E-state index contributed by atoms with van der Waals surface area (Å²) in [4.78, 5) is 0. The maximum Gasteiger partial charge on any atom is 0.146 e. The van der Waals surface area contributed by atoms with Crippen molar-refractivity contribution in [2.45, 2.75) is 32.2 Å². The van der Waals surface area contributed by atoms with Gasteiger partial charge >= 0.3 is 0 Å². The standard InChI is InChI=1S/C11H17FN2/c1-11(2,14)6-5-8-3-4-9(12)10(13)7-8/h3-4,7H,5-6,13-14H2,1-2H3. The SMILES string of the molecule is CC(C)(N)CCc1ccc(F)c(N)c1. The number of hydrogen-bond acceptors (Lipinski definition) is 2. The Hall–Kier alpha value is -1.09. The van der Waals surface area contributed by atoms with Gasteiger partial charge < -0.3 is 11.5 Å². The van der Waals surface area contributed by atoms with E-state index in [1.54, 1.807) is 12.1 Å². The predicted molar refractivity (Wildman–Crippen MR) is 57.4 cm³/mol. The highest BCUT2D eigenvalue weighted by Crippen LogP contribution is 2.16. The highest BCUT2D eigenvalue weighted by molar-refractivity contribution is 5.42. The number of benzene rings is 1. The molecule has 0 radical (unpaired) electrons. The van der Waals surface area contributed by atoms with Crippen LogP contribution in [0.2, 0.25) is 0 Å². The Bertz CT molecular complexity index is 316. The highest BCUT2D eigenvalue weighted by Gasteiger charge is 2.10. The molecule has 4 N–H and O–H groups in total. The average molecular weight is 196 g/mol. The van der Waals surface area contributed by atoms with Gasteiger partial charge in [-0.2, -0.15) is 0 Å². The van der Waals surface area contributed by atoms with Crippen LogP contribution in [0, 0.1) is 5.82 Å². The Morgan fingerprint density at radius 1 is 1.36 bits per heavy atom. The molecule has 0 saturated carbocycles. The van der Waals surface area contributed by atoms with Crippen molar-refractivity contribution in [2.24, 2.45) is 5.73 Å². The first-order chi connectivity index (χ1) is 6.38. The quantitative estimate of drug-likeness (QED) is 0.727. The lowest BCUT2D eigenvalue weighted by Crippen LogP contribution is -2.32. The van der Waals surface area contributed by atoms with E-state index >= 15 is 0 Å². The number of anilines is 1. The Morgan fingerprint density at radius 3 is 2.50 bits per heavy atom. The molecule has 14 heavy (non-hydrogen) atoms. The summed E-state index contributed by atoms with van der Waals surface area (Å²) < 4.78 is 12.8. The molecule has 78 valence electrons. The van der Waals surface area contributed by atoms with Crippen molar-refractivity contribution >= 4 is 5.69 Å². The van der Waals surface area contributed by atoms with Gasteiger partial charge in [0.1, 0.15) is 5.82 Å². The molecule has 2 nitrogen and oxygen atoms in total. The summed E-state index contributed by atoms with van der Waals surface area (Å²) in [5, 5.41) is 0. The molecular weight excluding hydrogens is 179 g/mol. The van der Waals surface area contributed by atoms with Crippen LogP contribution in [-0.2, 0) is 6.42 Å². The van der Waals surface area contributed by atoms with Crippen molar-refractivity contribution < 1.29 is 4.39 Å². The lowest BCUT2D eigenvalue weighted by atomic mass is 9.96. The number of aryl methyl sites for hydroxylation is 1. The van der Waals surface area contributed by atoms with Crippen LogP contribution in [-0.4, -0.2) is 5.54 Å². The van der Waals surface area contributed by atoms with E-state index in [0.29, 0.717) is 0 Å². The smallest absolute Gasteiger partial charge is 0.146 e. The summed E-state index contributed by atoms with van der Waals surface area (Å²) in [6.45, 7) is 3.94. The van der Waals surface area contributed by atoms with Crippen LogP contribution in [0.15, 0.2) is 18.2 Å². The van der Waals surface area contributed by atoms with E-state index in [9.17, 15) is 4.39 Å². The van der Waals surface area contributed by atoms with E-state index in [-0.39, 0.29) is 17.0 Å². The molecule has 1 aromatic rings. The van der Waals surface area contributed by atoms with Crippen molar-refractivity contribution in [3.05, 3.63) is 29.6 Å². The molecule has 0 saturated heterocycles. The van der Waals surface area contributed by atoms with Crippen LogP contribution in [0.5, 0.6) is 0 Å². The van der Waals surface area contributed by atoms with Gasteiger partial charge in [0.05, 0.1) is 5.69 Å². The third kappa shape index (κ3) is 3.34. The second kappa shape index (κ2) is 3.96. The predicted octanol–water partition coefficient (Wildman–Crippen LogP) is 2.08. The van der Waals surface area contributed by atoms with Gasteiger partial charge in [-0.05, 0) is 44.4 Å². The molecule has 1 rings (SSSR count). The minimum Gasteiger partial charge on any atom is -0.396 e. The van der Waals surface area contributed by atoms with Crippen LogP contribution >= 0.6 is 0 Å². The zero-order chi connectivity index (χ0) is 10.8. The monoisotopic (exact) mass is 196 g/mol. The van der Waals surface area contributed by atoms with Crippen LogP contribution in [0.25, 0.3) is 0 Å². The normalized spacial score (nSPS) is 11.7. The summed E-state index contributed by atoms with van der Waals surface area (Å²) in [5.74, 6) is -0.360. The number of rotatable bonds is 3. The van der Waals surface area contributed by atoms with Crippen molar-refractivity contribution in [1.82, 2.24) is 0 Å². The molecule has 0 spiro atoms. The minimum absolute atomic E-state index is 0.191. The van der Waals surface area contributed by atoms with Gasteiger partial charge in [-0.15, -0.1) is 0 Å². The van der Waals surface area contributed by atoms with Gasteiger partial charge in [0.25, 0.3) is 0 Å². The molecule has 0 heterocycles. The lowest BCUT2D eigenvalue weighted by molar-refractivity contribution is 0.477. The molecule has 0 fully saturated rings. The Labute approximate surface area is 84.1 Å². The fraction of sp³-hybridized carbons (Fsp3) is 0.455. The lowest BCUT2D eigenvalue weighted by Gasteiger charge is -2.18. The largest absolute Gasteiger partial charge is 0.396 e. The molecule has 0 bridgehead atoms. The second-order valence-electron chi connectivity index (χ2n) is 4.34. The maximum atomic E-state index is 12.8. The van der Waals surface area contributed by atoms with Gasteiger partial charge in [-0.3, -0.25) is 0 Å². The Balaban J connectivity index is 2.65. The first kappa shape index (κ1) is 11.0. The van der Waals surface area contributed by atoms with E-state index in [2.05, 4.69) is 0 Å². The van der Waals surface area contributed by atoms with E-state index in [1.807, 2.05) is 13.8 Å². The molecule has 0 aliphatic carbocycles. The number of halogens is 1. The molecule has 1 aromatic carbocycles. The maximum absolute atomic E-state index is 12.8. The summed E-state index contributed by atoms with van der Waals surface area (Å²) in [7, 11) is 0. The summed E-state index contributed by atoms with van der Waals surface area (Å²) in [6, 6.07) is 4.81. The Kier molecular flexibility index (Phi) is 3.11. The number of nitrogen functional groups attached to an aromatic ring is 1. The van der Waals surface area contributed by atoms with E-state index in [1.165, 1.54) is 6.07 Å². The van der Waals surface area contributed by atoms with Crippen LogP contribution in [0.4, 0.5) is 10.1 Å². The molecule has 3 heteroatoms. The van der Waals surface area contributed by atoms with Crippen LogP contribution in [0.1, 0.15) is 25.8 Å². The van der Waals surface area contributed by atoms with E-state index in [4.69, 9.17) is 11.5 Å². The van der Waals surface area contributed by atoms with Gasteiger partial charge in [0, 0.05) is 5.54 Å². The van der Waals surface area contributed by atoms with E-state index < -0.39 is 0 Å². The molecule has 0 aliphatic heterocycles. The first-order valence-electron chi connectivity index (χ1n) is 4.71. The van der Waals surface area contributed by atoms with Crippen molar-refractivity contribution in [2.75, 3.05) is 5.73 Å². The van der Waals surface area contributed by atoms with Crippen molar-refractivity contribution in [3.63, 3.8) is 0 Å². The molecular formula is C11H17FN2. The summed E-state index contributed by atoms with van der Waals surface area (Å²) >= 11 is 0. The fourth-order valence-electron chi connectivity index (χ4n) is 1.22. The summed E-state index contributed by atoms with van der Waals surface area (Å²) in [6.07, 6.45) is 1.69. The van der Waals surface area contributed by atoms with Gasteiger partial charge in [-0.25, -0.2) is 4.39 Å². The third-order valence-electron chi connectivity index (χ3n) is 2.12. The zero-order valence-electron chi connectivity index (χ0n) is 8.68. The van der Waals surface area contributed by atoms with Crippen LogP contribution < -0.4 is 11.5 Å². The third-order valence-corrected chi connectivity index (χ3v) is 2.12. The first-order valence-corrected chi connectivity index (χ1v) is 4.71. The van der Waals surface area contributed by atoms with Gasteiger partial charge in [-0.1, -0.05) is 6.07 Å². The topological polar surface area (TPSA) is 52.0 Å². The van der Waals surface area contributed by atoms with Gasteiger partial charge in [0.15, 0.2) is 0 Å². The number of nitrogens with two attached hydrogens (primary N) is 2. The summed E-state index contributed by atoms with van der Waals surface area (Å²) in [5.41, 5.74) is 12.3. The molecule has 0 aliphatic rings. The molecule has 0 unspecified atom stereocenters. The molecule has 0 aromatic heterocycles. The zero-order valence-corrected chi connectivity index (χ0v) is 8.68. The Morgan fingerprint density at radius 2 is 2.00 bits per heavy atom.